The third-order valence-electron chi connectivity index (χ3n) is 5.18. The van der Waals surface area contributed by atoms with Gasteiger partial charge < -0.3 is 19.3 Å². The van der Waals surface area contributed by atoms with Crippen LogP contribution in [-0.2, 0) is 23.8 Å². The summed E-state index contributed by atoms with van der Waals surface area (Å²) in [6.07, 6.45) is 5.15. The van der Waals surface area contributed by atoms with E-state index in [9.17, 15) is 14.7 Å². The lowest BCUT2D eigenvalue weighted by atomic mass is 9.87. The molecule has 1 aliphatic heterocycles. The van der Waals surface area contributed by atoms with Crippen LogP contribution < -0.4 is 0 Å². The van der Waals surface area contributed by atoms with Crippen molar-refractivity contribution in [3.05, 3.63) is 0 Å². The summed E-state index contributed by atoms with van der Waals surface area (Å²) >= 11 is 0. The van der Waals surface area contributed by atoms with Gasteiger partial charge in [-0.3, -0.25) is 4.79 Å². The first-order valence-corrected chi connectivity index (χ1v) is 8.73. The van der Waals surface area contributed by atoms with Crippen LogP contribution in [0.3, 0.4) is 0 Å². The molecule has 3 fully saturated rings. The molecule has 1 saturated heterocycles. The van der Waals surface area contributed by atoms with Crippen molar-refractivity contribution in [2.75, 3.05) is 6.61 Å². The second-order valence-corrected chi connectivity index (χ2v) is 7.12. The van der Waals surface area contributed by atoms with Gasteiger partial charge in [-0.1, -0.05) is 6.42 Å². The van der Waals surface area contributed by atoms with Crippen LogP contribution in [0.5, 0.6) is 0 Å². The Balaban J connectivity index is 1.37. The van der Waals surface area contributed by atoms with Gasteiger partial charge in [0.2, 0.25) is 0 Å². The molecule has 0 radical (unpaired) electrons. The minimum Gasteiger partial charge on any atom is -0.463 e. The lowest BCUT2D eigenvalue weighted by molar-refractivity contribution is -0.171. The van der Waals surface area contributed by atoms with E-state index in [1.807, 2.05) is 0 Å². The SMILES string of the molecule is CC(OC(=O)C1CCCC(O)C1)C(=O)OCC1CCC2OC2C1. The summed E-state index contributed by atoms with van der Waals surface area (Å²) in [5.74, 6) is -0.857. The highest BCUT2D eigenvalue weighted by atomic mass is 16.6. The number of fused-ring (bicyclic) bond motifs is 1. The number of carbonyl (C=O) groups is 2. The number of ether oxygens (including phenoxy) is 3. The van der Waals surface area contributed by atoms with E-state index >= 15 is 0 Å². The van der Waals surface area contributed by atoms with Crippen molar-refractivity contribution >= 4 is 11.9 Å². The molecular formula is C17H26O6. The van der Waals surface area contributed by atoms with E-state index < -0.39 is 24.1 Å². The van der Waals surface area contributed by atoms with Crippen LogP contribution >= 0.6 is 0 Å². The second kappa shape index (κ2) is 7.18. The first kappa shape index (κ1) is 16.7. The van der Waals surface area contributed by atoms with Gasteiger partial charge in [0.25, 0.3) is 0 Å². The fraction of sp³-hybridized carbons (Fsp3) is 0.882. The summed E-state index contributed by atoms with van der Waals surface area (Å²) in [7, 11) is 0. The largest absolute Gasteiger partial charge is 0.463 e. The molecule has 2 saturated carbocycles. The number of aliphatic hydroxyl groups is 1. The molecule has 2 aliphatic carbocycles. The van der Waals surface area contributed by atoms with Crippen molar-refractivity contribution in [3.63, 3.8) is 0 Å². The van der Waals surface area contributed by atoms with Crippen molar-refractivity contribution in [2.24, 2.45) is 11.8 Å². The van der Waals surface area contributed by atoms with Crippen LogP contribution in [0.2, 0.25) is 0 Å². The van der Waals surface area contributed by atoms with Gasteiger partial charge in [0.05, 0.1) is 30.8 Å². The molecule has 0 aromatic heterocycles. The van der Waals surface area contributed by atoms with Gasteiger partial charge in [0.1, 0.15) is 0 Å². The maximum absolute atomic E-state index is 12.1. The van der Waals surface area contributed by atoms with Gasteiger partial charge in [0.15, 0.2) is 6.10 Å². The molecule has 0 bridgehead atoms. The van der Waals surface area contributed by atoms with Crippen molar-refractivity contribution in [2.45, 2.75) is 76.3 Å². The fourth-order valence-electron chi connectivity index (χ4n) is 3.65. The van der Waals surface area contributed by atoms with Crippen molar-refractivity contribution in [1.82, 2.24) is 0 Å². The third-order valence-corrected chi connectivity index (χ3v) is 5.18. The Labute approximate surface area is 136 Å². The van der Waals surface area contributed by atoms with Crippen molar-refractivity contribution in [3.8, 4) is 0 Å². The molecule has 0 amide bonds. The Morgan fingerprint density at radius 2 is 2.00 bits per heavy atom. The van der Waals surface area contributed by atoms with Gasteiger partial charge in [0, 0.05) is 0 Å². The number of esters is 2. The molecule has 0 spiro atoms. The average Bonchev–Trinajstić information content (AvgIpc) is 3.31. The molecule has 3 aliphatic rings. The van der Waals surface area contributed by atoms with E-state index in [1.165, 1.54) is 0 Å². The van der Waals surface area contributed by atoms with E-state index in [4.69, 9.17) is 14.2 Å². The standard InChI is InChI=1S/C17H26O6/c1-10(22-17(20)12-3-2-4-13(18)8-12)16(19)21-9-11-5-6-14-15(7-11)23-14/h10-15,18H,2-9H2,1H3. The minimum atomic E-state index is -0.893. The van der Waals surface area contributed by atoms with Crippen molar-refractivity contribution < 1.29 is 28.9 Å². The van der Waals surface area contributed by atoms with E-state index in [-0.39, 0.29) is 5.92 Å². The first-order valence-electron chi connectivity index (χ1n) is 8.73. The van der Waals surface area contributed by atoms with Crippen LogP contribution in [0.25, 0.3) is 0 Å². The zero-order valence-electron chi connectivity index (χ0n) is 13.6. The van der Waals surface area contributed by atoms with Crippen LogP contribution in [0.15, 0.2) is 0 Å². The Morgan fingerprint density at radius 1 is 1.17 bits per heavy atom. The number of hydrogen-bond donors (Lipinski definition) is 1. The van der Waals surface area contributed by atoms with E-state index in [0.717, 1.165) is 32.1 Å². The van der Waals surface area contributed by atoms with E-state index in [0.29, 0.717) is 37.6 Å². The molecule has 6 heteroatoms. The summed E-state index contributed by atoms with van der Waals surface area (Å²) in [5, 5.41) is 9.62. The number of aliphatic hydroxyl groups excluding tert-OH is 1. The summed E-state index contributed by atoms with van der Waals surface area (Å²) in [6.45, 7) is 1.91. The smallest absolute Gasteiger partial charge is 0.347 e. The Morgan fingerprint density at radius 3 is 2.74 bits per heavy atom. The number of rotatable bonds is 5. The van der Waals surface area contributed by atoms with Crippen LogP contribution in [0.4, 0.5) is 0 Å². The summed E-state index contributed by atoms with van der Waals surface area (Å²) in [4.78, 5) is 24.0. The maximum Gasteiger partial charge on any atom is 0.347 e. The predicted octanol–water partition coefficient (Wildman–Crippen LogP) is 1.58. The minimum absolute atomic E-state index is 0.309. The predicted molar refractivity (Wildman–Crippen MR) is 80.5 cm³/mol. The van der Waals surface area contributed by atoms with Gasteiger partial charge in [-0.2, -0.15) is 0 Å². The topological polar surface area (TPSA) is 85.4 Å². The van der Waals surface area contributed by atoms with E-state index in [1.54, 1.807) is 6.92 Å². The highest BCUT2D eigenvalue weighted by Gasteiger charge is 2.44. The average molecular weight is 326 g/mol. The molecule has 0 aromatic carbocycles. The molecule has 1 heterocycles. The molecule has 6 nitrogen and oxygen atoms in total. The fourth-order valence-corrected chi connectivity index (χ4v) is 3.65. The number of hydrogen-bond acceptors (Lipinski definition) is 6. The quantitative estimate of drug-likeness (QED) is 0.610. The highest BCUT2D eigenvalue weighted by Crippen LogP contribution is 2.39. The van der Waals surface area contributed by atoms with Crippen LogP contribution in [0, 0.1) is 11.8 Å². The maximum atomic E-state index is 12.1. The van der Waals surface area contributed by atoms with Crippen LogP contribution in [0.1, 0.15) is 51.9 Å². The Hall–Kier alpha value is -1.14. The Kier molecular flexibility index (Phi) is 5.21. The molecular weight excluding hydrogens is 300 g/mol. The van der Waals surface area contributed by atoms with Gasteiger partial charge in [-0.25, -0.2) is 4.79 Å². The monoisotopic (exact) mass is 326 g/mol. The molecule has 3 rings (SSSR count). The third kappa shape index (κ3) is 4.44. The second-order valence-electron chi connectivity index (χ2n) is 7.12. The normalized spacial score (nSPS) is 37.4. The zero-order valence-corrected chi connectivity index (χ0v) is 13.6. The molecule has 6 unspecified atom stereocenters. The lowest BCUT2D eigenvalue weighted by Gasteiger charge is -2.25. The van der Waals surface area contributed by atoms with Crippen molar-refractivity contribution in [1.29, 1.82) is 0 Å². The summed E-state index contributed by atoms with van der Waals surface area (Å²) in [5.41, 5.74) is 0. The molecule has 23 heavy (non-hydrogen) atoms. The zero-order chi connectivity index (χ0) is 16.4. The molecule has 0 aromatic rings. The van der Waals surface area contributed by atoms with Gasteiger partial charge in [-0.15, -0.1) is 0 Å². The lowest BCUT2D eigenvalue weighted by Crippen LogP contribution is -2.33. The number of epoxide rings is 1. The van der Waals surface area contributed by atoms with Gasteiger partial charge >= 0.3 is 11.9 Å². The first-order chi connectivity index (χ1) is 11.0. The number of carbonyl (C=O) groups excluding carboxylic acids is 2. The summed E-state index contributed by atoms with van der Waals surface area (Å²) in [6, 6.07) is 0. The molecule has 130 valence electrons. The highest BCUT2D eigenvalue weighted by molar-refractivity contribution is 5.80. The molecule has 1 N–H and O–H groups in total. The van der Waals surface area contributed by atoms with Crippen LogP contribution in [-0.4, -0.2) is 48.1 Å². The Bertz CT molecular complexity index is 450. The summed E-state index contributed by atoms with van der Waals surface area (Å²) < 4.78 is 16.0. The molecule has 6 atom stereocenters. The van der Waals surface area contributed by atoms with E-state index in [2.05, 4.69) is 0 Å². The van der Waals surface area contributed by atoms with Gasteiger partial charge in [-0.05, 0) is 51.4 Å².